The Morgan fingerprint density at radius 1 is 0.314 bits per heavy atom. The van der Waals surface area contributed by atoms with Crippen molar-refractivity contribution >= 4 is 88.8 Å². The molecule has 0 bridgehead atoms. The zero-order valence-electron chi connectivity index (χ0n) is 40.2. The molecular formula is C66H50N2O2. The van der Waals surface area contributed by atoms with E-state index < -0.39 is 0 Å². The monoisotopic (exact) mass is 902 g/mol. The first-order valence-corrected chi connectivity index (χ1v) is 24.5. The molecule has 0 saturated carbocycles. The average molecular weight is 903 g/mol. The van der Waals surface area contributed by atoms with Crippen LogP contribution in [0.5, 0.6) is 0 Å². The zero-order chi connectivity index (χ0) is 47.2. The standard InChI is InChI=1S/C66H50N2O2/c1-39-18-13-24-46-48-26-16-30-58(63(48)69-61(39)46)67(41-20-9-7-10-21-41)43-32-33-44-51-37-56-52(38-55(51)66(5,6)54(44)36-43)45-34-35-57(50-28-15-29-53(60(45)50)65(56,3)4)68(42-22-11-8-12-23-42)59-31-17-27-49-47-25-14-19-40(2)62(47)70-64(49)59/h7-38H,1-6H3. The molecule has 0 N–H and O–H groups in total. The molecule has 2 heterocycles. The van der Waals surface area contributed by atoms with Gasteiger partial charge in [0.05, 0.1) is 17.1 Å². The Bertz CT molecular complexity index is 4150. The number of nitrogens with zero attached hydrogens (tertiary/aromatic N) is 2. The number of para-hydroxylation sites is 6. The highest BCUT2D eigenvalue weighted by Gasteiger charge is 2.41. The van der Waals surface area contributed by atoms with Crippen molar-refractivity contribution in [2.24, 2.45) is 0 Å². The second-order valence-electron chi connectivity index (χ2n) is 20.5. The highest BCUT2D eigenvalue weighted by molar-refractivity contribution is 6.15. The van der Waals surface area contributed by atoms with Gasteiger partial charge in [-0.15, -0.1) is 0 Å². The molecule has 14 rings (SSSR count). The first-order valence-electron chi connectivity index (χ1n) is 24.5. The molecule has 0 spiro atoms. The van der Waals surface area contributed by atoms with Crippen molar-refractivity contribution in [2.75, 3.05) is 9.80 Å². The lowest BCUT2D eigenvalue weighted by Crippen LogP contribution is -2.25. The van der Waals surface area contributed by atoms with Gasteiger partial charge in [0, 0.05) is 54.8 Å². The van der Waals surface area contributed by atoms with Gasteiger partial charge in [-0.1, -0.05) is 155 Å². The highest BCUT2D eigenvalue weighted by atomic mass is 16.3. The fraction of sp³-hybridized carbons (Fsp3) is 0.121. The minimum atomic E-state index is -0.288. The number of rotatable bonds is 6. The Hall–Kier alpha value is -8.34. The lowest BCUT2D eigenvalue weighted by Gasteiger charge is -2.37. The fourth-order valence-corrected chi connectivity index (χ4v) is 12.4. The van der Waals surface area contributed by atoms with Gasteiger partial charge in [0.15, 0.2) is 11.2 Å². The minimum Gasteiger partial charge on any atom is -0.454 e. The van der Waals surface area contributed by atoms with Crippen LogP contribution in [-0.2, 0) is 10.8 Å². The van der Waals surface area contributed by atoms with Crippen LogP contribution in [0.2, 0.25) is 0 Å². The highest BCUT2D eigenvalue weighted by Crippen LogP contribution is 2.58. The van der Waals surface area contributed by atoms with Gasteiger partial charge in [-0.05, 0) is 142 Å². The molecule has 10 aromatic carbocycles. The molecule has 0 fully saturated rings. The van der Waals surface area contributed by atoms with Crippen molar-refractivity contribution in [1.29, 1.82) is 0 Å². The van der Waals surface area contributed by atoms with E-state index in [0.717, 1.165) is 89.1 Å². The lowest BCUT2D eigenvalue weighted by atomic mass is 9.67. The maximum atomic E-state index is 6.85. The Morgan fingerprint density at radius 2 is 0.771 bits per heavy atom. The summed E-state index contributed by atoms with van der Waals surface area (Å²) in [7, 11) is 0. The quantitative estimate of drug-likeness (QED) is 0.166. The summed E-state index contributed by atoms with van der Waals surface area (Å²) in [6.07, 6.45) is 0. The van der Waals surface area contributed by atoms with Crippen LogP contribution in [-0.4, -0.2) is 0 Å². The fourth-order valence-electron chi connectivity index (χ4n) is 12.4. The Balaban J connectivity index is 0.935. The summed E-state index contributed by atoms with van der Waals surface area (Å²) in [5, 5.41) is 7.03. The molecule has 2 aliphatic carbocycles. The normalized spacial score (nSPS) is 14.1. The molecule has 70 heavy (non-hydrogen) atoms. The maximum absolute atomic E-state index is 6.85. The van der Waals surface area contributed by atoms with E-state index in [9.17, 15) is 0 Å². The predicted octanol–water partition coefficient (Wildman–Crippen LogP) is 18.8. The molecule has 0 unspecified atom stereocenters. The van der Waals surface area contributed by atoms with Crippen LogP contribution in [0.1, 0.15) is 61.1 Å². The second-order valence-corrected chi connectivity index (χ2v) is 20.5. The van der Waals surface area contributed by atoms with E-state index in [1.807, 2.05) is 0 Å². The number of aryl methyl sites for hydroxylation is 2. The van der Waals surface area contributed by atoms with Gasteiger partial charge in [0.1, 0.15) is 11.2 Å². The summed E-state index contributed by atoms with van der Waals surface area (Å²) in [5.74, 6) is 0. The smallest absolute Gasteiger partial charge is 0.159 e. The largest absolute Gasteiger partial charge is 0.454 e. The first kappa shape index (κ1) is 40.7. The molecule has 12 aromatic rings. The van der Waals surface area contributed by atoms with Crippen molar-refractivity contribution in [3.63, 3.8) is 0 Å². The molecule has 2 aromatic heterocycles. The number of furan rings is 2. The van der Waals surface area contributed by atoms with Crippen LogP contribution < -0.4 is 9.80 Å². The molecule has 0 atom stereocenters. The number of hydrogen-bond acceptors (Lipinski definition) is 4. The van der Waals surface area contributed by atoms with E-state index in [1.54, 1.807) is 0 Å². The molecule has 4 nitrogen and oxygen atoms in total. The van der Waals surface area contributed by atoms with Crippen molar-refractivity contribution in [1.82, 2.24) is 0 Å². The first-order chi connectivity index (χ1) is 34.1. The summed E-state index contributed by atoms with van der Waals surface area (Å²) < 4.78 is 13.6. The molecular weight excluding hydrogens is 853 g/mol. The van der Waals surface area contributed by atoms with Gasteiger partial charge in [0.2, 0.25) is 0 Å². The number of anilines is 6. The molecule has 4 heteroatoms. The van der Waals surface area contributed by atoms with Gasteiger partial charge in [-0.3, -0.25) is 0 Å². The third kappa shape index (κ3) is 5.59. The Kier molecular flexibility index (Phi) is 8.48. The van der Waals surface area contributed by atoms with Crippen molar-refractivity contribution in [3.05, 3.63) is 228 Å². The second kappa shape index (κ2) is 14.6. The van der Waals surface area contributed by atoms with E-state index in [2.05, 4.69) is 245 Å². The molecule has 0 radical (unpaired) electrons. The molecule has 336 valence electrons. The van der Waals surface area contributed by atoms with Gasteiger partial charge >= 0.3 is 0 Å². The molecule has 0 amide bonds. The maximum Gasteiger partial charge on any atom is 0.159 e. The van der Waals surface area contributed by atoms with Crippen LogP contribution >= 0.6 is 0 Å². The van der Waals surface area contributed by atoms with Crippen molar-refractivity contribution in [2.45, 2.75) is 52.4 Å². The summed E-state index contributed by atoms with van der Waals surface area (Å²) in [4.78, 5) is 4.77. The molecule has 0 aliphatic heterocycles. The topological polar surface area (TPSA) is 32.8 Å². The third-order valence-corrected chi connectivity index (χ3v) is 15.9. The summed E-state index contributed by atoms with van der Waals surface area (Å²) >= 11 is 0. The van der Waals surface area contributed by atoms with E-state index in [-0.39, 0.29) is 10.8 Å². The van der Waals surface area contributed by atoms with Crippen molar-refractivity contribution in [3.8, 4) is 22.3 Å². The lowest BCUT2D eigenvalue weighted by molar-refractivity contribution is 0.639. The summed E-state index contributed by atoms with van der Waals surface area (Å²) in [6.45, 7) is 13.9. The van der Waals surface area contributed by atoms with Gasteiger partial charge in [-0.2, -0.15) is 0 Å². The number of benzene rings is 10. The van der Waals surface area contributed by atoms with Gasteiger partial charge < -0.3 is 18.6 Å². The van der Waals surface area contributed by atoms with Gasteiger partial charge in [0.25, 0.3) is 0 Å². The average Bonchev–Trinajstić information content (AvgIpc) is 4.04. The van der Waals surface area contributed by atoms with Crippen LogP contribution in [0.4, 0.5) is 34.1 Å². The van der Waals surface area contributed by atoms with Crippen molar-refractivity contribution < 1.29 is 8.83 Å². The minimum absolute atomic E-state index is 0.283. The van der Waals surface area contributed by atoms with Gasteiger partial charge in [-0.25, -0.2) is 0 Å². The van der Waals surface area contributed by atoms with E-state index in [1.165, 1.54) is 55.3 Å². The summed E-state index contributed by atoms with van der Waals surface area (Å²) in [5.41, 5.74) is 22.3. The van der Waals surface area contributed by atoms with E-state index in [0.29, 0.717) is 0 Å². The molecule has 2 aliphatic rings. The Labute approximate surface area is 407 Å². The predicted molar refractivity (Wildman–Crippen MR) is 292 cm³/mol. The van der Waals surface area contributed by atoms with E-state index >= 15 is 0 Å². The Morgan fingerprint density at radius 3 is 1.37 bits per heavy atom. The SMILES string of the molecule is Cc1cccc2c1oc1c(N(c3ccccc3)c3ccc4c(c3)C(C)(C)c3cc5c(cc3-4)C(C)(C)c3cccc4c(N(c6ccccc6)c6cccc7c6oc6c(C)cccc67)ccc-5c34)cccc12. The summed E-state index contributed by atoms with van der Waals surface area (Å²) in [6, 6.07) is 71.2. The number of hydrogen-bond donors (Lipinski definition) is 0. The van der Waals surface area contributed by atoms with Crippen LogP contribution in [0.3, 0.4) is 0 Å². The van der Waals surface area contributed by atoms with Crippen LogP contribution in [0, 0.1) is 13.8 Å². The van der Waals surface area contributed by atoms with Crippen LogP contribution in [0.15, 0.2) is 203 Å². The third-order valence-electron chi connectivity index (χ3n) is 15.9. The number of fused-ring (bicyclic) bond motifs is 11. The zero-order valence-corrected chi connectivity index (χ0v) is 40.2. The van der Waals surface area contributed by atoms with Crippen LogP contribution in [0.25, 0.3) is 76.9 Å². The van der Waals surface area contributed by atoms with E-state index in [4.69, 9.17) is 8.83 Å². The molecule has 0 saturated heterocycles.